The lowest BCUT2D eigenvalue weighted by Gasteiger charge is -2.16. The molecular weight excluding hydrogens is 580 g/mol. The van der Waals surface area contributed by atoms with Crippen LogP contribution >= 0.6 is 11.8 Å². The van der Waals surface area contributed by atoms with Gasteiger partial charge in [-0.15, -0.1) is 11.8 Å². The van der Waals surface area contributed by atoms with Gasteiger partial charge in [-0.25, -0.2) is 0 Å². The van der Waals surface area contributed by atoms with Gasteiger partial charge in [-0.1, -0.05) is 75.4 Å². The van der Waals surface area contributed by atoms with E-state index < -0.39 is 11.8 Å². The number of aromatic amines is 1. The Morgan fingerprint density at radius 2 is 1.56 bits per heavy atom. The average Bonchev–Trinajstić information content (AvgIpc) is 3.46. The highest BCUT2D eigenvalue weighted by Crippen LogP contribution is 2.29. The van der Waals surface area contributed by atoms with Crippen LogP contribution in [-0.4, -0.2) is 28.0 Å². The molecule has 0 radical (unpaired) electrons. The van der Waals surface area contributed by atoms with Crippen molar-refractivity contribution < 1.29 is 14.4 Å². The van der Waals surface area contributed by atoms with Gasteiger partial charge < -0.3 is 20.9 Å². The largest absolute Gasteiger partial charge is 0.361 e. The zero-order chi connectivity index (χ0) is 31.8. The molecule has 0 fully saturated rings. The van der Waals surface area contributed by atoms with Gasteiger partial charge in [-0.3, -0.25) is 14.4 Å². The minimum atomic E-state index is -0.471. The highest BCUT2D eigenvalue weighted by atomic mass is 32.2. The maximum absolute atomic E-state index is 13.6. The molecule has 1 aromatic heterocycles. The molecule has 0 aliphatic heterocycles. The van der Waals surface area contributed by atoms with E-state index in [2.05, 4.69) is 34.8 Å². The van der Waals surface area contributed by atoms with Crippen LogP contribution in [0.4, 0.5) is 11.4 Å². The Kier molecular flexibility index (Phi) is 10.2. The van der Waals surface area contributed by atoms with Crippen molar-refractivity contribution in [1.29, 1.82) is 0 Å². The Bertz CT molecular complexity index is 1830. The van der Waals surface area contributed by atoms with Crippen LogP contribution < -0.4 is 16.0 Å². The molecule has 0 saturated heterocycles. The Morgan fingerprint density at radius 1 is 0.822 bits per heavy atom. The summed E-state index contributed by atoms with van der Waals surface area (Å²) in [5.74, 6) is -0.526. The van der Waals surface area contributed by atoms with Crippen LogP contribution in [0.2, 0.25) is 0 Å². The summed E-state index contributed by atoms with van der Waals surface area (Å²) in [7, 11) is 0. The van der Waals surface area contributed by atoms with Crippen LogP contribution in [0, 0.1) is 0 Å². The number of H-pyrrole nitrogens is 1. The van der Waals surface area contributed by atoms with Gasteiger partial charge >= 0.3 is 0 Å². The third-order valence-electron chi connectivity index (χ3n) is 7.33. The first-order valence-corrected chi connectivity index (χ1v) is 15.8. The van der Waals surface area contributed by atoms with Crippen molar-refractivity contribution in [2.75, 3.05) is 10.6 Å². The molecule has 5 rings (SSSR count). The molecule has 1 heterocycles. The number of amides is 3. The third kappa shape index (κ3) is 8.10. The summed E-state index contributed by atoms with van der Waals surface area (Å²) in [5.41, 5.74) is 4.75. The maximum atomic E-state index is 13.6. The monoisotopic (exact) mass is 616 g/mol. The van der Waals surface area contributed by atoms with Crippen molar-refractivity contribution in [2.24, 2.45) is 0 Å². The SMILES string of the molecule is CCC(Sc1cccc(NC(=O)/C(=C/c2c[nH]c3ccccc23)NC(=O)c2ccccc2)c1)C(=O)Nc1ccc(C(C)C)cc1. The van der Waals surface area contributed by atoms with Crippen molar-refractivity contribution >= 4 is 57.8 Å². The molecule has 0 aliphatic rings. The molecule has 0 spiro atoms. The zero-order valence-electron chi connectivity index (χ0n) is 25.5. The van der Waals surface area contributed by atoms with E-state index in [-0.39, 0.29) is 16.9 Å². The van der Waals surface area contributed by atoms with Crippen LogP contribution in [0.1, 0.15) is 54.6 Å². The van der Waals surface area contributed by atoms with Crippen LogP contribution in [0.15, 0.2) is 120 Å². The summed E-state index contributed by atoms with van der Waals surface area (Å²) < 4.78 is 0. The highest BCUT2D eigenvalue weighted by Gasteiger charge is 2.20. The lowest BCUT2D eigenvalue weighted by atomic mass is 10.0. The second-order valence-corrected chi connectivity index (χ2v) is 12.2. The topological polar surface area (TPSA) is 103 Å². The summed E-state index contributed by atoms with van der Waals surface area (Å²) >= 11 is 1.44. The zero-order valence-corrected chi connectivity index (χ0v) is 26.3. The van der Waals surface area contributed by atoms with Crippen molar-refractivity contribution in [3.8, 4) is 0 Å². The molecule has 228 valence electrons. The molecule has 8 heteroatoms. The first-order valence-electron chi connectivity index (χ1n) is 14.9. The van der Waals surface area contributed by atoms with E-state index in [0.717, 1.165) is 27.0 Å². The summed E-state index contributed by atoms with van der Waals surface area (Å²) in [6, 6.07) is 31.8. The van der Waals surface area contributed by atoms with Gasteiger partial charge in [0, 0.05) is 44.5 Å². The average molecular weight is 617 g/mol. The Labute approximate surface area is 267 Å². The number of aromatic nitrogens is 1. The van der Waals surface area contributed by atoms with E-state index in [4.69, 9.17) is 0 Å². The van der Waals surface area contributed by atoms with E-state index in [1.54, 1.807) is 42.6 Å². The summed E-state index contributed by atoms with van der Waals surface area (Å²) in [6.07, 6.45) is 4.09. The van der Waals surface area contributed by atoms with E-state index in [9.17, 15) is 14.4 Å². The van der Waals surface area contributed by atoms with Crippen molar-refractivity contribution in [1.82, 2.24) is 10.3 Å². The van der Waals surface area contributed by atoms with Crippen LogP contribution in [0.25, 0.3) is 17.0 Å². The fourth-order valence-electron chi connectivity index (χ4n) is 4.82. The number of carbonyl (C=O) groups is 3. The normalized spacial score (nSPS) is 12.1. The van der Waals surface area contributed by atoms with Gasteiger partial charge in [0.25, 0.3) is 11.8 Å². The fourth-order valence-corrected chi connectivity index (χ4v) is 5.83. The predicted molar refractivity (Wildman–Crippen MR) is 184 cm³/mol. The van der Waals surface area contributed by atoms with Gasteiger partial charge in [0.2, 0.25) is 5.91 Å². The molecule has 0 aliphatic carbocycles. The smallest absolute Gasteiger partial charge is 0.272 e. The number of carbonyl (C=O) groups excluding carboxylic acids is 3. The fraction of sp³-hybridized carbons (Fsp3) is 0.162. The Hall–Kier alpha value is -5.08. The number of benzene rings is 4. The van der Waals surface area contributed by atoms with Crippen LogP contribution in [0.5, 0.6) is 0 Å². The molecule has 1 unspecified atom stereocenters. The Morgan fingerprint density at radius 3 is 2.29 bits per heavy atom. The van der Waals surface area contributed by atoms with Gasteiger partial charge in [0.15, 0.2) is 0 Å². The first kappa shape index (κ1) is 31.3. The third-order valence-corrected chi connectivity index (χ3v) is 8.69. The second kappa shape index (κ2) is 14.6. The molecule has 45 heavy (non-hydrogen) atoms. The summed E-state index contributed by atoms with van der Waals surface area (Å²) in [5, 5.41) is 9.35. The molecule has 0 bridgehead atoms. The second-order valence-electron chi connectivity index (χ2n) is 10.9. The molecule has 4 N–H and O–H groups in total. The van der Waals surface area contributed by atoms with E-state index in [0.29, 0.717) is 23.6 Å². The lowest BCUT2D eigenvalue weighted by Crippen LogP contribution is -2.30. The first-order chi connectivity index (χ1) is 21.8. The molecule has 7 nitrogen and oxygen atoms in total. The standard InChI is InChI=1S/C37H36N4O3S/c1-4-34(37(44)39-28-19-17-25(18-20-28)24(2)3)45-30-14-10-13-29(22-30)40-36(43)33(41-35(42)26-11-6-5-7-12-26)21-27-23-38-32-16-9-8-15-31(27)32/h5-24,34,38H,4H2,1-3H3,(H,39,44)(H,40,43)(H,41,42)/b33-21-. The molecule has 5 aromatic rings. The predicted octanol–water partition coefficient (Wildman–Crippen LogP) is 8.21. The molecule has 3 amide bonds. The van der Waals surface area contributed by atoms with E-state index >= 15 is 0 Å². The number of hydrogen-bond acceptors (Lipinski definition) is 4. The number of thioether (sulfide) groups is 1. The van der Waals surface area contributed by atoms with Gasteiger partial charge in [-0.2, -0.15) is 0 Å². The van der Waals surface area contributed by atoms with Crippen LogP contribution in [0.3, 0.4) is 0 Å². The minimum absolute atomic E-state index is 0.0817. The summed E-state index contributed by atoms with van der Waals surface area (Å²) in [4.78, 5) is 43.9. The lowest BCUT2D eigenvalue weighted by molar-refractivity contribution is -0.116. The molecular formula is C37H36N4O3S. The number of nitrogens with one attached hydrogen (secondary N) is 4. The number of hydrogen-bond donors (Lipinski definition) is 4. The molecule has 1 atom stereocenters. The Balaban J connectivity index is 1.32. The number of para-hydroxylation sites is 1. The quantitative estimate of drug-likeness (QED) is 0.0887. The van der Waals surface area contributed by atoms with Crippen molar-refractivity contribution in [2.45, 2.75) is 43.3 Å². The van der Waals surface area contributed by atoms with E-state index in [1.807, 2.05) is 79.7 Å². The number of fused-ring (bicyclic) bond motifs is 1. The summed E-state index contributed by atoms with van der Waals surface area (Å²) in [6.45, 7) is 6.24. The number of anilines is 2. The van der Waals surface area contributed by atoms with Gasteiger partial charge in [0.05, 0.1) is 5.25 Å². The van der Waals surface area contributed by atoms with E-state index in [1.165, 1.54) is 17.3 Å². The maximum Gasteiger partial charge on any atom is 0.272 e. The molecule has 4 aromatic carbocycles. The minimum Gasteiger partial charge on any atom is -0.361 e. The van der Waals surface area contributed by atoms with Crippen LogP contribution in [-0.2, 0) is 9.59 Å². The highest BCUT2D eigenvalue weighted by molar-refractivity contribution is 8.00. The van der Waals surface area contributed by atoms with Gasteiger partial charge in [-0.05, 0) is 72.5 Å². The number of rotatable bonds is 11. The van der Waals surface area contributed by atoms with Gasteiger partial charge in [0.1, 0.15) is 5.70 Å². The van der Waals surface area contributed by atoms with Crippen molar-refractivity contribution in [3.05, 3.63) is 132 Å². The molecule has 0 saturated carbocycles. The van der Waals surface area contributed by atoms with Crippen molar-refractivity contribution in [3.63, 3.8) is 0 Å².